The molecule has 0 bridgehead atoms. The number of anilines is 1. The maximum atomic E-state index is 13.7. The molecule has 0 saturated heterocycles. The topological polar surface area (TPSA) is 86.8 Å². The predicted octanol–water partition coefficient (Wildman–Crippen LogP) is 5.54. The first-order chi connectivity index (χ1) is 18.9. The fourth-order valence-corrected chi connectivity index (χ4v) is 5.72. The number of likely N-dealkylation sites (N-methyl/N-ethyl adjacent to an activating group) is 1. The standard InChI is InChI=1S/C30H35Cl2N3O4S/c1-21-12-14-25(17-22(21)2)35(40(4,38)39)16-8-11-29(36)34(20-24-13-15-26(31)27(32)18-24)28(30(37)33-3)19-23-9-6-5-7-10-23/h5-7,9-10,12-15,17-18,28H,8,11,16,19-20H2,1-4H3,(H,33,37). The molecule has 3 rings (SSSR count). The van der Waals surface area contributed by atoms with E-state index in [9.17, 15) is 18.0 Å². The Labute approximate surface area is 247 Å². The Hall–Kier alpha value is -3.07. The molecule has 0 fully saturated rings. The first-order valence-electron chi connectivity index (χ1n) is 12.9. The van der Waals surface area contributed by atoms with Crippen LogP contribution in [-0.4, -0.2) is 51.0 Å². The van der Waals surface area contributed by atoms with Crippen molar-refractivity contribution in [3.8, 4) is 0 Å². The van der Waals surface area contributed by atoms with E-state index in [0.717, 1.165) is 28.5 Å². The number of nitrogens with one attached hydrogen (secondary N) is 1. The lowest BCUT2D eigenvalue weighted by atomic mass is 10.0. The molecule has 0 aliphatic heterocycles. The third kappa shape index (κ3) is 8.46. The maximum Gasteiger partial charge on any atom is 0.242 e. The number of rotatable bonds is 12. The molecule has 2 amide bonds. The van der Waals surface area contributed by atoms with Gasteiger partial charge in [-0.1, -0.05) is 65.7 Å². The second kappa shape index (κ2) is 14.0. The zero-order valence-corrected chi connectivity index (χ0v) is 25.5. The number of nitrogens with zero attached hydrogens (tertiary/aromatic N) is 2. The SMILES string of the molecule is CNC(=O)C(Cc1ccccc1)N(Cc1ccc(Cl)c(Cl)c1)C(=O)CCCN(c1ccc(C)c(C)c1)S(C)(=O)=O. The van der Waals surface area contributed by atoms with E-state index in [1.165, 1.54) is 16.3 Å². The van der Waals surface area contributed by atoms with Crippen molar-refractivity contribution in [3.63, 3.8) is 0 Å². The normalized spacial score (nSPS) is 12.1. The Bertz CT molecular complexity index is 1450. The molecule has 0 heterocycles. The van der Waals surface area contributed by atoms with Crippen LogP contribution < -0.4 is 9.62 Å². The molecular weight excluding hydrogens is 569 g/mol. The highest BCUT2D eigenvalue weighted by Gasteiger charge is 2.30. The summed E-state index contributed by atoms with van der Waals surface area (Å²) in [6.07, 6.45) is 1.77. The van der Waals surface area contributed by atoms with E-state index < -0.39 is 16.1 Å². The van der Waals surface area contributed by atoms with Gasteiger partial charge in [-0.05, 0) is 66.8 Å². The van der Waals surface area contributed by atoms with Gasteiger partial charge in [0, 0.05) is 33.0 Å². The number of hydrogen-bond acceptors (Lipinski definition) is 4. The molecular formula is C30H35Cl2N3O4S. The number of benzene rings is 3. The summed E-state index contributed by atoms with van der Waals surface area (Å²) in [5.74, 6) is -0.575. The molecule has 7 nitrogen and oxygen atoms in total. The predicted molar refractivity (Wildman–Crippen MR) is 162 cm³/mol. The molecule has 1 atom stereocenters. The molecule has 3 aromatic rings. The van der Waals surface area contributed by atoms with Crippen LogP contribution in [0.3, 0.4) is 0 Å². The lowest BCUT2D eigenvalue weighted by molar-refractivity contribution is -0.141. The van der Waals surface area contributed by atoms with E-state index in [0.29, 0.717) is 22.2 Å². The van der Waals surface area contributed by atoms with Gasteiger partial charge in [-0.25, -0.2) is 8.42 Å². The van der Waals surface area contributed by atoms with Crippen LogP contribution in [-0.2, 0) is 32.6 Å². The highest BCUT2D eigenvalue weighted by molar-refractivity contribution is 7.92. The largest absolute Gasteiger partial charge is 0.357 e. The summed E-state index contributed by atoms with van der Waals surface area (Å²) in [6.45, 7) is 4.14. The summed E-state index contributed by atoms with van der Waals surface area (Å²) in [4.78, 5) is 28.4. The van der Waals surface area contributed by atoms with Crippen LogP contribution in [0.1, 0.15) is 35.1 Å². The Balaban J connectivity index is 1.87. The van der Waals surface area contributed by atoms with Gasteiger partial charge >= 0.3 is 0 Å². The molecule has 0 saturated carbocycles. The first kappa shape index (κ1) is 31.5. The number of halogens is 2. The maximum absolute atomic E-state index is 13.7. The van der Waals surface area contributed by atoms with Gasteiger partial charge in [0.1, 0.15) is 6.04 Å². The second-order valence-electron chi connectivity index (χ2n) is 9.80. The molecule has 10 heteroatoms. The number of sulfonamides is 1. The fraction of sp³-hybridized carbons (Fsp3) is 0.333. The molecule has 40 heavy (non-hydrogen) atoms. The van der Waals surface area contributed by atoms with Crippen molar-refractivity contribution >= 4 is 50.7 Å². The molecule has 0 radical (unpaired) electrons. The second-order valence-corrected chi connectivity index (χ2v) is 12.5. The van der Waals surface area contributed by atoms with E-state index in [1.54, 1.807) is 24.3 Å². The Morgan fingerprint density at radius 3 is 2.20 bits per heavy atom. The summed E-state index contributed by atoms with van der Waals surface area (Å²) < 4.78 is 26.6. The van der Waals surface area contributed by atoms with Crippen molar-refractivity contribution in [2.24, 2.45) is 0 Å². The van der Waals surface area contributed by atoms with Crippen molar-refractivity contribution in [1.29, 1.82) is 0 Å². The number of carbonyl (C=O) groups excluding carboxylic acids is 2. The molecule has 0 aliphatic carbocycles. The van der Waals surface area contributed by atoms with E-state index in [-0.39, 0.29) is 37.7 Å². The summed E-state index contributed by atoms with van der Waals surface area (Å²) in [5.41, 5.74) is 4.21. The van der Waals surface area contributed by atoms with Gasteiger partial charge in [0.2, 0.25) is 21.8 Å². The van der Waals surface area contributed by atoms with Crippen LogP contribution in [0.2, 0.25) is 10.0 Å². The first-order valence-corrected chi connectivity index (χ1v) is 15.5. The average molecular weight is 605 g/mol. The van der Waals surface area contributed by atoms with Crippen LogP contribution in [0, 0.1) is 13.8 Å². The van der Waals surface area contributed by atoms with Crippen LogP contribution >= 0.6 is 23.2 Å². The van der Waals surface area contributed by atoms with Gasteiger partial charge < -0.3 is 10.2 Å². The quantitative estimate of drug-likeness (QED) is 0.294. The number of carbonyl (C=O) groups is 2. The number of hydrogen-bond donors (Lipinski definition) is 1. The number of aryl methyl sites for hydroxylation is 2. The Morgan fingerprint density at radius 1 is 0.900 bits per heavy atom. The van der Waals surface area contributed by atoms with Gasteiger partial charge in [0.15, 0.2) is 0 Å². The zero-order chi connectivity index (χ0) is 29.4. The summed E-state index contributed by atoms with van der Waals surface area (Å²) >= 11 is 12.3. The van der Waals surface area contributed by atoms with Gasteiger partial charge in [-0.2, -0.15) is 0 Å². The van der Waals surface area contributed by atoms with Crippen LogP contribution in [0.4, 0.5) is 5.69 Å². The van der Waals surface area contributed by atoms with Gasteiger partial charge in [0.05, 0.1) is 22.0 Å². The van der Waals surface area contributed by atoms with Crippen molar-refractivity contribution in [1.82, 2.24) is 10.2 Å². The van der Waals surface area contributed by atoms with E-state index in [2.05, 4.69) is 5.32 Å². The molecule has 1 N–H and O–H groups in total. The highest BCUT2D eigenvalue weighted by Crippen LogP contribution is 2.25. The third-order valence-corrected chi connectivity index (χ3v) is 8.72. The minimum absolute atomic E-state index is 0.0421. The third-order valence-electron chi connectivity index (χ3n) is 6.79. The highest BCUT2D eigenvalue weighted by atomic mass is 35.5. The minimum Gasteiger partial charge on any atom is -0.357 e. The van der Waals surface area contributed by atoms with E-state index in [1.807, 2.05) is 56.3 Å². The fourth-order valence-electron chi connectivity index (χ4n) is 4.44. The molecule has 3 aromatic carbocycles. The van der Waals surface area contributed by atoms with Gasteiger partial charge in [-0.3, -0.25) is 13.9 Å². The van der Waals surface area contributed by atoms with Crippen LogP contribution in [0.15, 0.2) is 66.7 Å². The minimum atomic E-state index is -3.58. The van der Waals surface area contributed by atoms with Crippen molar-refractivity contribution in [2.75, 3.05) is 24.2 Å². The molecule has 0 aromatic heterocycles. The average Bonchev–Trinajstić information content (AvgIpc) is 2.91. The lowest BCUT2D eigenvalue weighted by Gasteiger charge is -2.31. The smallest absolute Gasteiger partial charge is 0.242 e. The number of amides is 2. The van der Waals surface area contributed by atoms with Crippen molar-refractivity contribution in [3.05, 3.63) is 99.0 Å². The van der Waals surface area contributed by atoms with Crippen LogP contribution in [0.5, 0.6) is 0 Å². The summed E-state index contributed by atoms with van der Waals surface area (Å²) in [5, 5.41) is 3.43. The van der Waals surface area contributed by atoms with Gasteiger partial charge in [0.25, 0.3) is 0 Å². The summed E-state index contributed by atoms with van der Waals surface area (Å²) in [7, 11) is -2.04. The van der Waals surface area contributed by atoms with Crippen molar-refractivity contribution in [2.45, 2.75) is 45.7 Å². The lowest BCUT2D eigenvalue weighted by Crippen LogP contribution is -2.49. The van der Waals surface area contributed by atoms with Gasteiger partial charge in [-0.15, -0.1) is 0 Å². The van der Waals surface area contributed by atoms with Crippen molar-refractivity contribution < 1.29 is 18.0 Å². The zero-order valence-electron chi connectivity index (χ0n) is 23.2. The van der Waals surface area contributed by atoms with Crippen LogP contribution in [0.25, 0.3) is 0 Å². The molecule has 214 valence electrons. The molecule has 0 aliphatic rings. The van der Waals surface area contributed by atoms with E-state index >= 15 is 0 Å². The Kier molecular flexibility index (Phi) is 11.0. The molecule has 0 spiro atoms. The summed E-state index contributed by atoms with van der Waals surface area (Å²) in [6, 6.07) is 19.3. The van der Waals surface area contributed by atoms with E-state index in [4.69, 9.17) is 23.2 Å². The monoisotopic (exact) mass is 603 g/mol. The Morgan fingerprint density at radius 2 is 1.60 bits per heavy atom. The molecule has 1 unspecified atom stereocenters.